The minimum absolute atomic E-state index is 0.105. The number of rotatable bonds is 3. The molecule has 0 aliphatic carbocycles. The molecule has 1 fully saturated rings. The molecule has 2 rings (SSSR count). The lowest BCUT2D eigenvalue weighted by molar-refractivity contribution is -0.384. The number of hydrogen-bond donors (Lipinski definition) is 2. The zero-order valence-electron chi connectivity index (χ0n) is 11.5. The predicted octanol–water partition coefficient (Wildman–Crippen LogP) is 0.627. The summed E-state index contributed by atoms with van der Waals surface area (Å²) in [6.07, 6.45) is -1.07. The van der Waals surface area contributed by atoms with Crippen LogP contribution in [0, 0.1) is 21.4 Å². The van der Waals surface area contributed by atoms with Gasteiger partial charge in [-0.3, -0.25) is 10.1 Å². The van der Waals surface area contributed by atoms with Crippen LogP contribution in [-0.2, 0) is 0 Å². The van der Waals surface area contributed by atoms with Gasteiger partial charge in [-0.2, -0.15) is 5.26 Å². The minimum Gasteiger partial charge on any atom is -0.465 e. The van der Waals surface area contributed by atoms with E-state index in [0.29, 0.717) is 12.2 Å². The first-order chi connectivity index (χ1) is 10.5. The molecular weight excluding hydrogens is 292 g/mol. The van der Waals surface area contributed by atoms with Crippen molar-refractivity contribution in [3.8, 4) is 6.07 Å². The number of non-ortho nitro benzene ring substituents is 1. The van der Waals surface area contributed by atoms with E-state index < -0.39 is 17.1 Å². The highest BCUT2D eigenvalue weighted by molar-refractivity contribution is 5.67. The van der Waals surface area contributed by atoms with Crippen molar-refractivity contribution in [2.75, 3.05) is 31.1 Å². The summed E-state index contributed by atoms with van der Waals surface area (Å²) in [5.74, 6) is 0. The van der Waals surface area contributed by atoms with E-state index in [0.717, 1.165) is 0 Å². The molecule has 1 amide bonds. The molecule has 0 unspecified atom stereocenters. The molecule has 116 valence electrons. The van der Waals surface area contributed by atoms with Crippen LogP contribution in [0.3, 0.4) is 0 Å². The van der Waals surface area contributed by atoms with Crippen LogP contribution in [-0.4, -0.2) is 58.4 Å². The third-order valence-corrected chi connectivity index (χ3v) is 3.58. The van der Waals surface area contributed by atoms with Crippen molar-refractivity contribution >= 4 is 17.5 Å². The molecule has 0 bridgehead atoms. The van der Waals surface area contributed by atoms with Gasteiger partial charge >= 0.3 is 6.09 Å². The number of piperazine rings is 1. The number of benzene rings is 1. The van der Waals surface area contributed by atoms with Crippen LogP contribution in [0.4, 0.5) is 16.2 Å². The highest BCUT2D eigenvalue weighted by Crippen LogP contribution is 2.28. The van der Waals surface area contributed by atoms with Crippen LogP contribution in [0.15, 0.2) is 18.2 Å². The second-order valence-corrected chi connectivity index (χ2v) is 4.83. The molecule has 0 saturated carbocycles. The van der Waals surface area contributed by atoms with E-state index >= 15 is 0 Å². The monoisotopic (exact) mass is 306 g/mol. The lowest BCUT2D eigenvalue weighted by atomic mass is 10.1. The smallest absolute Gasteiger partial charge is 0.407 e. The zero-order valence-corrected chi connectivity index (χ0v) is 11.5. The molecule has 1 atom stereocenters. The summed E-state index contributed by atoms with van der Waals surface area (Å²) in [4.78, 5) is 24.1. The first kappa shape index (κ1) is 15.5. The molecule has 9 heteroatoms. The minimum atomic E-state index is -1.07. The maximum Gasteiger partial charge on any atom is 0.407 e. The van der Waals surface area contributed by atoms with Gasteiger partial charge in [0, 0.05) is 31.8 Å². The van der Waals surface area contributed by atoms with Gasteiger partial charge in [0.25, 0.3) is 5.69 Å². The Labute approximate surface area is 125 Å². The van der Waals surface area contributed by atoms with Crippen molar-refractivity contribution in [1.29, 1.82) is 5.26 Å². The van der Waals surface area contributed by atoms with Gasteiger partial charge in [0.1, 0.15) is 6.07 Å². The van der Waals surface area contributed by atoms with E-state index in [-0.39, 0.29) is 30.9 Å². The van der Waals surface area contributed by atoms with Crippen LogP contribution in [0.2, 0.25) is 0 Å². The molecule has 22 heavy (non-hydrogen) atoms. The fourth-order valence-corrected chi connectivity index (χ4v) is 2.48. The number of hydrogen-bond acceptors (Lipinski definition) is 6. The van der Waals surface area contributed by atoms with E-state index in [1.807, 2.05) is 6.07 Å². The molecule has 1 aliphatic rings. The predicted molar refractivity (Wildman–Crippen MR) is 75.6 cm³/mol. The molecule has 1 aromatic carbocycles. The molecule has 9 nitrogen and oxygen atoms in total. The van der Waals surface area contributed by atoms with Crippen LogP contribution < -0.4 is 4.90 Å². The summed E-state index contributed by atoms with van der Waals surface area (Å²) < 4.78 is 0. The van der Waals surface area contributed by atoms with Crippen molar-refractivity contribution in [1.82, 2.24) is 4.90 Å². The summed E-state index contributed by atoms with van der Waals surface area (Å²) >= 11 is 0. The topological polar surface area (TPSA) is 131 Å². The lowest BCUT2D eigenvalue weighted by Gasteiger charge is -2.41. The van der Waals surface area contributed by atoms with Crippen molar-refractivity contribution in [2.45, 2.75) is 6.04 Å². The van der Waals surface area contributed by atoms with Crippen molar-refractivity contribution in [3.63, 3.8) is 0 Å². The Morgan fingerprint density at radius 2 is 2.23 bits per heavy atom. The first-order valence-corrected chi connectivity index (χ1v) is 6.51. The van der Waals surface area contributed by atoms with Gasteiger partial charge < -0.3 is 20.0 Å². The summed E-state index contributed by atoms with van der Waals surface area (Å²) in [5.41, 5.74) is 0.388. The second-order valence-electron chi connectivity index (χ2n) is 4.83. The van der Waals surface area contributed by atoms with Gasteiger partial charge in [0.2, 0.25) is 0 Å². The number of amides is 1. The maximum absolute atomic E-state index is 11.0. The number of aliphatic hydroxyl groups is 1. The molecule has 1 saturated heterocycles. The van der Waals surface area contributed by atoms with Crippen molar-refractivity contribution in [3.05, 3.63) is 33.9 Å². The number of nitro groups is 1. The van der Waals surface area contributed by atoms with E-state index in [4.69, 9.17) is 5.11 Å². The Morgan fingerprint density at radius 3 is 2.77 bits per heavy atom. The second kappa shape index (κ2) is 6.28. The average Bonchev–Trinajstić information content (AvgIpc) is 2.53. The molecule has 1 aliphatic heterocycles. The van der Waals surface area contributed by atoms with E-state index in [1.165, 1.54) is 23.1 Å². The maximum atomic E-state index is 11.0. The summed E-state index contributed by atoms with van der Waals surface area (Å²) in [7, 11) is 0. The van der Waals surface area contributed by atoms with E-state index in [2.05, 4.69) is 0 Å². The Morgan fingerprint density at radius 1 is 1.50 bits per heavy atom. The Hall–Kier alpha value is -2.86. The summed E-state index contributed by atoms with van der Waals surface area (Å²) in [6, 6.07) is 5.32. The highest BCUT2D eigenvalue weighted by Gasteiger charge is 2.30. The molecule has 0 aromatic heterocycles. The number of anilines is 1. The highest BCUT2D eigenvalue weighted by atomic mass is 16.6. The fraction of sp³-hybridized carbons (Fsp3) is 0.385. The standard InChI is InChI=1S/C13H14N4O5/c14-6-9-5-10(17(21)22)1-2-12(9)16-4-3-15(13(19)20)7-11(16)8-18/h1-2,5,11,18H,3-4,7-8H2,(H,19,20)/t11-/m0/s1. The van der Waals surface area contributed by atoms with Crippen LogP contribution in [0.5, 0.6) is 0 Å². The Bertz CT molecular complexity index is 642. The number of carbonyl (C=O) groups is 1. The average molecular weight is 306 g/mol. The van der Waals surface area contributed by atoms with Crippen LogP contribution >= 0.6 is 0 Å². The van der Waals surface area contributed by atoms with Gasteiger partial charge in [-0.05, 0) is 6.07 Å². The normalized spacial score (nSPS) is 17.9. The quantitative estimate of drug-likeness (QED) is 0.618. The van der Waals surface area contributed by atoms with Crippen molar-refractivity contribution in [2.24, 2.45) is 0 Å². The molecule has 0 spiro atoms. The molecule has 0 radical (unpaired) electrons. The zero-order chi connectivity index (χ0) is 16.3. The largest absolute Gasteiger partial charge is 0.465 e. The third kappa shape index (κ3) is 2.91. The van der Waals surface area contributed by atoms with Gasteiger partial charge in [-0.1, -0.05) is 0 Å². The number of carboxylic acid groups (broad SMARTS) is 1. The number of nitriles is 1. The van der Waals surface area contributed by atoms with Gasteiger partial charge in [-0.25, -0.2) is 4.79 Å². The van der Waals surface area contributed by atoms with Gasteiger partial charge in [-0.15, -0.1) is 0 Å². The Kier molecular flexibility index (Phi) is 4.43. The molecular formula is C13H14N4O5. The number of aliphatic hydroxyl groups excluding tert-OH is 1. The number of nitrogens with zero attached hydrogens (tertiary/aromatic N) is 4. The Balaban J connectivity index is 2.33. The van der Waals surface area contributed by atoms with Crippen LogP contribution in [0.1, 0.15) is 5.56 Å². The van der Waals surface area contributed by atoms with Crippen LogP contribution in [0.25, 0.3) is 0 Å². The van der Waals surface area contributed by atoms with Crippen molar-refractivity contribution < 1.29 is 19.9 Å². The van der Waals surface area contributed by atoms with E-state index in [9.17, 15) is 25.3 Å². The fourth-order valence-electron chi connectivity index (χ4n) is 2.48. The third-order valence-electron chi connectivity index (χ3n) is 3.58. The lowest BCUT2D eigenvalue weighted by Crippen LogP contribution is -2.56. The molecule has 1 heterocycles. The molecule has 1 aromatic rings. The number of nitro benzene ring substituents is 1. The SMILES string of the molecule is N#Cc1cc([N+](=O)[O-])ccc1N1CCN(C(=O)O)C[C@H]1CO. The molecule has 2 N–H and O–H groups in total. The first-order valence-electron chi connectivity index (χ1n) is 6.51. The summed E-state index contributed by atoms with van der Waals surface area (Å²) in [5, 5.41) is 38.4. The van der Waals surface area contributed by atoms with E-state index in [1.54, 1.807) is 4.90 Å². The van der Waals surface area contributed by atoms with Gasteiger partial charge in [0.05, 0.1) is 28.8 Å². The van der Waals surface area contributed by atoms with Gasteiger partial charge in [0.15, 0.2) is 0 Å². The summed E-state index contributed by atoms with van der Waals surface area (Å²) in [6.45, 7) is 0.344.